The van der Waals surface area contributed by atoms with Crippen LogP contribution in [-0.4, -0.2) is 41.9 Å². The minimum atomic E-state index is -0.297. The number of morpholine rings is 1. The van der Waals surface area contributed by atoms with E-state index < -0.39 is 0 Å². The van der Waals surface area contributed by atoms with Crippen molar-refractivity contribution in [3.05, 3.63) is 21.9 Å². The Balaban J connectivity index is 2.13. The minimum Gasteiger partial charge on any atom is -0.372 e. The van der Waals surface area contributed by atoms with Crippen molar-refractivity contribution in [3.8, 4) is 0 Å². The molecule has 1 aromatic heterocycles. The van der Waals surface area contributed by atoms with Gasteiger partial charge in [-0.15, -0.1) is 11.3 Å². The first-order valence-corrected chi connectivity index (χ1v) is 6.75. The highest BCUT2D eigenvalue weighted by Crippen LogP contribution is 2.22. The highest BCUT2D eigenvalue weighted by molar-refractivity contribution is 7.15. The van der Waals surface area contributed by atoms with Gasteiger partial charge in [-0.3, -0.25) is 9.59 Å². The van der Waals surface area contributed by atoms with Gasteiger partial charge in [-0.1, -0.05) is 0 Å². The molecule has 0 N–H and O–H groups in total. The zero-order chi connectivity index (χ0) is 13.3. The molecule has 1 aliphatic heterocycles. The highest BCUT2D eigenvalue weighted by Gasteiger charge is 2.30. The van der Waals surface area contributed by atoms with Crippen LogP contribution in [0.3, 0.4) is 0 Å². The van der Waals surface area contributed by atoms with Gasteiger partial charge in [0.2, 0.25) is 0 Å². The molecule has 0 aromatic carbocycles. The quantitative estimate of drug-likeness (QED) is 0.772. The molecule has 2 heterocycles. The summed E-state index contributed by atoms with van der Waals surface area (Å²) >= 11 is 1.26. The molecule has 1 aromatic rings. The van der Waals surface area contributed by atoms with E-state index >= 15 is 0 Å². The molecule has 1 saturated heterocycles. The summed E-state index contributed by atoms with van der Waals surface area (Å²) in [5.41, 5.74) is -0.297. The van der Waals surface area contributed by atoms with Gasteiger partial charge in [0.05, 0.1) is 22.0 Å². The van der Waals surface area contributed by atoms with E-state index in [1.165, 1.54) is 18.3 Å². The maximum Gasteiger partial charge on any atom is 0.264 e. The van der Waals surface area contributed by atoms with Crippen LogP contribution in [0.1, 0.15) is 40.1 Å². The zero-order valence-corrected chi connectivity index (χ0v) is 11.7. The van der Waals surface area contributed by atoms with Crippen LogP contribution in [0, 0.1) is 0 Å². The third kappa shape index (κ3) is 2.79. The smallest absolute Gasteiger partial charge is 0.264 e. The number of hydrogen-bond acceptors (Lipinski definition) is 4. The highest BCUT2D eigenvalue weighted by atomic mass is 32.1. The summed E-state index contributed by atoms with van der Waals surface area (Å²) < 4.78 is 5.58. The first-order valence-electron chi connectivity index (χ1n) is 5.93. The summed E-state index contributed by atoms with van der Waals surface area (Å²) in [6.07, 6.45) is 0. The van der Waals surface area contributed by atoms with Crippen molar-refractivity contribution in [1.82, 2.24) is 4.90 Å². The fraction of sp³-hybridized carbons (Fsp3) is 0.538. The third-order valence-electron chi connectivity index (χ3n) is 2.88. The van der Waals surface area contributed by atoms with Crippen molar-refractivity contribution < 1.29 is 14.3 Å². The zero-order valence-electron chi connectivity index (χ0n) is 10.9. The molecule has 2 rings (SSSR count). The predicted octanol–water partition coefficient (Wildman–Crippen LogP) is 2.20. The summed E-state index contributed by atoms with van der Waals surface area (Å²) in [6.45, 7) is 7.21. The third-order valence-corrected chi connectivity index (χ3v) is 4.05. The molecule has 5 heteroatoms. The van der Waals surface area contributed by atoms with Crippen molar-refractivity contribution in [2.75, 3.05) is 19.7 Å². The molecular formula is C13H17NO3S. The molecule has 0 spiro atoms. The van der Waals surface area contributed by atoms with Gasteiger partial charge in [-0.2, -0.15) is 0 Å². The second kappa shape index (κ2) is 4.82. The Morgan fingerprint density at radius 3 is 2.56 bits per heavy atom. The molecule has 0 saturated carbocycles. The van der Waals surface area contributed by atoms with Gasteiger partial charge in [0, 0.05) is 13.1 Å². The van der Waals surface area contributed by atoms with E-state index in [2.05, 4.69) is 0 Å². The first-order chi connectivity index (χ1) is 8.39. The largest absolute Gasteiger partial charge is 0.372 e. The van der Waals surface area contributed by atoms with E-state index in [1.54, 1.807) is 17.0 Å². The normalized spacial score (nSPS) is 18.7. The Hall–Kier alpha value is -1.20. The SMILES string of the molecule is CC(=O)c1ccc(C(=O)N2CCOC(C)(C)C2)s1. The topological polar surface area (TPSA) is 46.6 Å². The van der Waals surface area contributed by atoms with E-state index in [-0.39, 0.29) is 17.3 Å². The fourth-order valence-corrected chi connectivity index (χ4v) is 2.86. The minimum absolute atomic E-state index is 0.00126. The Labute approximate surface area is 111 Å². The van der Waals surface area contributed by atoms with Crippen molar-refractivity contribution in [2.24, 2.45) is 0 Å². The molecule has 1 fully saturated rings. The van der Waals surface area contributed by atoms with Crippen LogP contribution in [0.25, 0.3) is 0 Å². The van der Waals surface area contributed by atoms with Crippen LogP contribution in [0.15, 0.2) is 12.1 Å². The molecule has 1 aliphatic rings. The number of hydrogen-bond donors (Lipinski definition) is 0. The van der Waals surface area contributed by atoms with Gasteiger partial charge in [0.25, 0.3) is 5.91 Å². The molecule has 0 unspecified atom stereocenters. The van der Waals surface area contributed by atoms with E-state index in [0.29, 0.717) is 29.5 Å². The van der Waals surface area contributed by atoms with E-state index in [1.807, 2.05) is 13.8 Å². The first kappa shape index (κ1) is 13.2. The summed E-state index contributed by atoms with van der Waals surface area (Å²) in [6, 6.07) is 3.44. The number of carbonyl (C=O) groups excluding carboxylic acids is 2. The molecule has 18 heavy (non-hydrogen) atoms. The van der Waals surface area contributed by atoms with Crippen molar-refractivity contribution in [1.29, 1.82) is 0 Å². The van der Waals surface area contributed by atoms with Crippen molar-refractivity contribution >= 4 is 23.0 Å². The molecule has 98 valence electrons. The Morgan fingerprint density at radius 1 is 1.33 bits per heavy atom. The van der Waals surface area contributed by atoms with E-state index in [9.17, 15) is 9.59 Å². The van der Waals surface area contributed by atoms with Gasteiger partial charge < -0.3 is 9.64 Å². The number of nitrogens with zero attached hydrogens (tertiary/aromatic N) is 1. The van der Waals surface area contributed by atoms with Crippen LogP contribution < -0.4 is 0 Å². The molecule has 0 aliphatic carbocycles. The molecule has 1 amide bonds. The molecule has 0 radical (unpaired) electrons. The Kier molecular flexibility index (Phi) is 3.54. The van der Waals surface area contributed by atoms with Gasteiger partial charge in [-0.25, -0.2) is 0 Å². The fourth-order valence-electron chi connectivity index (χ4n) is 1.99. The lowest BCUT2D eigenvalue weighted by atomic mass is 10.1. The maximum atomic E-state index is 12.3. The molecular weight excluding hydrogens is 250 g/mol. The van der Waals surface area contributed by atoms with Crippen LogP contribution >= 0.6 is 11.3 Å². The van der Waals surface area contributed by atoms with E-state index in [0.717, 1.165) is 0 Å². The number of ether oxygens (including phenoxy) is 1. The average Bonchev–Trinajstić information content (AvgIpc) is 2.76. The summed E-state index contributed by atoms with van der Waals surface area (Å²) in [5, 5.41) is 0. The molecule has 0 bridgehead atoms. The summed E-state index contributed by atoms with van der Waals surface area (Å²) in [5.74, 6) is -0.00904. The van der Waals surface area contributed by atoms with Crippen molar-refractivity contribution in [3.63, 3.8) is 0 Å². The van der Waals surface area contributed by atoms with Crippen LogP contribution in [0.5, 0.6) is 0 Å². The number of Topliss-reactive ketones (excluding diaryl/α,β-unsaturated/α-hetero) is 1. The standard InChI is InChI=1S/C13H17NO3S/c1-9(15)10-4-5-11(18-10)12(16)14-6-7-17-13(2,3)8-14/h4-5H,6-8H2,1-3H3. The van der Waals surface area contributed by atoms with Crippen molar-refractivity contribution in [2.45, 2.75) is 26.4 Å². The Bertz CT molecular complexity index is 478. The number of carbonyl (C=O) groups is 2. The predicted molar refractivity (Wildman–Crippen MR) is 70.3 cm³/mol. The summed E-state index contributed by atoms with van der Waals surface area (Å²) in [4.78, 5) is 26.6. The van der Waals surface area contributed by atoms with Gasteiger partial charge >= 0.3 is 0 Å². The second-order valence-electron chi connectivity index (χ2n) is 5.05. The van der Waals surface area contributed by atoms with Crippen LogP contribution in [0.4, 0.5) is 0 Å². The number of rotatable bonds is 2. The lowest BCUT2D eigenvalue weighted by molar-refractivity contribution is -0.0763. The summed E-state index contributed by atoms with van der Waals surface area (Å²) in [7, 11) is 0. The van der Waals surface area contributed by atoms with E-state index in [4.69, 9.17) is 4.74 Å². The van der Waals surface area contributed by atoms with Crippen LogP contribution in [0.2, 0.25) is 0 Å². The Morgan fingerprint density at radius 2 is 2.00 bits per heavy atom. The second-order valence-corrected chi connectivity index (χ2v) is 6.14. The lowest BCUT2D eigenvalue weighted by Gasteiger charge is -2.37. The van der Waals surface area contributed by atoms with Gasteiger partial charge in [0.1, 0.15) is 0 Å². The monoisotopic (exact) mass is 267 g/mol. The lowest BCUT2D eigenvalue weighted by Crippen LogP contribution is -2.50. The average molecular weight is 267 g/mol. The number of thiophene rings is 1. The number of amides is 1. The van der Waals surface area contributed by atoms with Gasteiger partial charge in [-0.05, 0) is 32.9 Å². The maximum absolute atomic E-state index is 12.3. The van der Waals surface area contributed by atoms with Gasteiger partial charge in [0.15, 0.2) is 5.78 Å². The molecule has 0 atom stereocenters. The number of ketones is 1. The van der Waals surface area contributed by atoms with Crippen LogP contribution in [-0.2, 0) is 4.74 Å². The molecule has 4 nitrogen and oxygen atoms in total.